The van der Waals surface area contributed by atoms with E-state index in [-0.39, 0.29) is 5.91 Å². The highest BCUT2D eigenvalue weighted by atomic mass is 79.9. The number of alkyl halides is 1. The minimum Gasteiger partial charge on any atom is -0.355 e. The maximum absolute atomic E-state index is 11.3. The van der Waals surface area contributed by atoms with Crippen molar-refractivity contribution in [2.45, 2.75) is 50.8 Å². The first-order valence-corrected chi connectivity index (χ1v) is 5.75. The standard InChI is InChI=1S/C10H20BrNO/c1-4-5-6-7-8-12-9(13)10(2,3)11/h4-8H2,1-3H3,(H,12,13). The van der Waals surface area contributed by atoms with Crippen molar-refractivity contribution in [2.75, 3.05) is 6.54 Å². The van der Waals surface area contributed by atoms with Crippen molar-refractivity contribution in [3.05, 3.63) is 0 Å². The van der Waals surface area contributed by atoms with Crippen LogP contribution >= 0.6 is 15.9 Å². The monoisotopic (exact) mass is 249 g/mol. The van der Waals surface area contributed by atoms with Crippen molar-refractivity contribution >= 4 is 21.8 Å². The molecule has 13 heavy (non-hydrogen) atoms. The van der Waals surface area contributed by atoms with Gasteiger partial charge < -0.3 is 5.32 Å². The highest BCUT2D eigenvalue weighted by molar-refractivity contribution is 9.10. The summed E-state index contributed by atoms with van der Waals surface area (Å²) in [5.74, 6) is 0.0731. The van der Waals surface area contributed by atoms with Gasteiger partial charge in [0.15, 0.2) is 0 Å². The molecule has 0 aromatic heterocycles. The minimum absolute atomic E-state index is 0.0731. The normalized spacial score (nSPS) is 11.4. The Morgan fingerprint density at radius 2 is 1.92 bits per heavy atom. The highest BCUT2D eigenvalue weighted by Gasteiger charge is 2.22. The van der Waals surface area contributed by atoms with Crippen molar-refractivity contribution < 1.29 is 4.79 Å². The average molecular weight is 250 g/mol. The van der Waals surface area contributed by atoms with Crippen molar-refractivity contribution in [3.8, 4) is 0 Å². The Balaban J connectivity index is 3.38. The molecule has 78 valence electrons. The van der Waals surface area contributed by atoms with Crippen LogP contribution in [0.15, 0.2) is 0 Å². The van der Waals surface area contributed by atoms with E-state index < -0.39 is 4.32 Å². The third-order valence-electron chi connectivity index (χ3n) is 1.86. The molecule has 0 unspecified atom stereocenters. The highest BCUT2D eigenvalue weighted by Crippen LogP contribution is 2.15. The van der Waals surface area contributed by atoms with E-state index in [4.69, 9.17) is 0 Å². The number of halogens is 1. The summed E-state index contributed by atoms with van der Waals surface area (Å²) in [4.78, 5) is 11.3. The number of hydrogen-bond donors (Lipinski definition) is 1. The summed E-state index contributed by atoms with van der Waals surface area (Å²) in [5.41, 5.74) is 0. The van der Waals surface area contributed by atoms with Crippen LogP contribution in [0.3, 0.4) is 0 Å². The summed E-state index contributed by atoms with van der Waals surface area (Å²) in [6.07, 6.45) is 4.79. The number of carbonyl (C=O) groups is 1. The van der Waals surface area contributed by atoms with Gasteiger partial charge in [-0.3, -0.25) is 4.79 Å². The summed E-state index contributed by atoms with van der Waals surface area (Å²) in [5, 5.41) is 2.90. The molecule has 0 heterocycles. The van der Waals surface area contributed by atoms with Gasteiger partial charge >= 0.3 is 0 Å². The molecule has 0 saturated carbocycles. The molecule has 0 spiro atoms. The third kappa shape index (κ3) is 7.05. The lowest BCUT2D eigenvalue weighted by atomic mass is 10.2. The number of rotatable bonds is 6. The van der Waals surface area contributed by atoms with Gasteiger partial charge in [0.05, 0.1) is 4.32 Å². The van der Waals surface area contributed by atoms with E-state index in [0.29, 0.717) is 0 Å². The molecule has 0 radical (unpaired) electrons. The first-order chi connectivity index (χ1) is 5.98. The molecular weight excluding hydrogens is 230 g/mol. The van der Waals surface area contributed by atoms with E-state index in [9.17, 15) is 4.79 Å². The fraction of sp³-hybridized carbons (Fsp3) is 0.900. The molecule has 0 aliphatic heterocycles. The number of hydrogen-bond acceptors (Lipinski definition) is 1. The van der Waals surface area contributed by atoms with Gasteiger partial charge in [-0.25, -0.2) is 0 Å². The predicted octanol–water partition coefficient (Wildman–Crippen LogP) is 2.86. The lowest BCUT2D eigenvalue weighted by Crippen LogP contribution is -2.37. The number of carbonyl (C=O) groups excluding carboxylic acids is 1. The third-order valence-corrected chi connectivity index (χ3v) is 2.22. The van der Waals surface area contributed by atoms with Crippen LogP contribution in [-0.4, -0.2) is 16.8 Å². The second-order valence-electron chi connectivity index (χ2n) is 3.79. The van der Waals surface area contributed by atoms with Crippen molar-refractivity contribution in [3.63, 3.8) is 0 Å². The zero-order chi connectivity index (χ0) is 10.3. The van der Waals surface area contributed by atoms with E-state index >= 15 is 0 Å². The quantitative estimate of drug-likeness (QED) is 0.570. The SMILES string of the molecule is CCCCCCNC(=O)C(C)(C)Br. The lowest BCUT2D eigenvalue weighted by molar-refractivity contribution is -0.122. The van der Waals surface area contributed by atoms with Gasteiger partial charge in [-0.05, 0) is 20.3 Å². The summed E-state index contributed by atoms with van der Waals surface area (Å²) in [7, 11) is 0. The summed E-state index contributed by atoms with van der Waals surface area (Å²) in [6, 6.07) is 0. The van der Waals surface area contributed by atoms with Gasteiger partial charge in [0, 0.05) is 6.54 Å². The molecule has 0 aliphatic rings. The molecule has 0 aliphatic carbocycles. The predicted molar refractivity (Wildman–Crippen MR) is 60.2 cm³/mol. The molecule has 0 fully saturated rings. The molecule has 1 amide bonds. The maximum Gasteiger partial charge on any atom is 0.236 e. The van der Waals surface area contributed by atoms with E-state index in [1.54, 1.807) is 0 Å². The number of amides is 1. The van der Waals surface area contributed by atoms with Gasteiger partial charge in [0.25, 0.3) is 0 Å². The fourth-order valence-electron chi connectivity index (χ4n) is 0.964. The Hall–Kier alpha value is -0.0500. The second kappa shape index (κ2) is 6.41. The molecule has 1 N–H and O–H groups in total. The molecule has 0 aromatic carbocycles. The van der Waals surface area contributed by atoms with Crippen LogP contribution in [0.25, 0.3) is 0 Å². The molecule has 0 atom stereocenters. The Kier molecular flexibility index (Phi) is 6.39. The first kappa shape index (κ1) is 12.9. The summed E-state index contributed by atoms with van der Waals surface area (Å²) < 4.78 is -0.433. The molecule has 0 rings (SSSR count). The van der Waals surface area contributed by atoms with Crippen LogP contribution in [0, 0.1) is 0 Å². The Labute approximate surface area is 89.6 Å². The van der Waals surface area contributed by atoms with Crippen LogP contribution in [-0.2, 0) is 4.79 Å². The smallest absolute Gasteiger partial charge is 0.236 e. The van der Waals surface area contributed by atoms with Gasteiger partial charge in [-0.2, -0.15) is 0 Å². The minimum atomic E-state index is -0.433. The van der Waals surface area contributed by atoms with Gasteiger partial charge in [0.1, 0.15) is 0 Å². The van der Waals surface area contributed by atoms with Crippen LogP contribution in [0.5, 0.6) is 0 Å². The summed E-state index contributed by atoms with van der Waals surface area (Å²) in [6.45, 7) is 6.69. The van der Waals surface area contributed by atoms with Crippen molar-refractivity contribution in [1.29, 1.82) is 0 Å². The van der Waals surface area contributed by atoms with Crippen LogP contribution in [0.1, 0.15) is 46.5 Å². The second-order valence-corrected chi connectivity index (χ2v) is 5.77. The fourth-order valence-corrected chi connectivity index (χ4v) is 1.10. The largest absolute Gasteiger partial charge is 0.355 e. The Morgan fingerprint density at radius 3 is 2.38 bits per heavy atom. The maximum atomic E-state index is 11.3. The molecule has 2 nitrogen and oxygen atoms in total. The zero-order valence-electron chi connectivity index (χ0n) is 8.82. The van der Waals surface area contributed by atoms with Gasteiger partial charge in [-0.15, -0.1) is 0 Å². The van der Waals surface area contributed by atoms with Crippen LogP contribution in [0.4, 0.5) is 0 Å². The molecule has 3 heteroatoms. The average Bonchev–Trinajstić information content (AvgIpc) is 2.02. The topological polar surface area (TPSA) is 29.1 Å². The number of nitrogens with one attached hydrogen (secondary N) is 1. The molecule has 0 saturated heterocycles. The van der Waals surface area contributed by atoms with E-state index in [1.807, 2.05) is 13.8 Å². The van der Waals surface area contributed by atoms with E-state index in [1.165, 1.54) is 19.3 Å². The Morgan fingerprint density at radius 1 is 1.31 bits per heavy atom. The zero-order valence-corrected chi connectivity index (χ0v) is 10.4. The van der Waals surface area contributed by atoms with Crippen molar-refractivity contribution in [1.82, 2.24) is 5.32 Å². The van der Waals surface area contributed by atoms with E-state index in [2.05, 4.69) is 28.2 Å². The van der Waals surface area contributed by atoms with Crippen LogP contribution < -0.4 is 5.32 Å². The summed E-state index contributed by atoms with van der Waals surface area (Å²) >= 11 is 3.31. The lowest BCUT2D eigenvalue weighted by Gasteiger charge is -2.15. The molecular formula is C10H20BrNO. The molecule has 0 bridgehead atoms. The first-order valence-electron chi connectivity index (χ1n) is 4.95. The van der Waals surface area contributed by atoms with Gasteiger partial charge in [0.2, 0.25) is 5.91 Å². The van der Waals surface area contributed by atoms with Crippen molar-refractivity contribution in [2.24, 2.45) is 0 Å². The number of unbranched alkanes of at least 4 members (excludes halogenated alkanes) is 3. The Bertz CT molecular complexity index is 151. The van der Waals surface area contributed by atoms with E-state index in [0.717, 1.165) is 13.0 Å². The van der Waals surface area contributed by atoms with Crippen LogP contribution in [0.2, 0.25) is 0 Å². The molecule has 0 aromatic rings. The van der Waals surface area contributed by atoms with Gasteiger partial charge in [-0.1, -0.05) is 42.1 Å².